The number of hydrogen-bond donors (Lipinski definition) is 1. The van der Waals surface area contributed by atoms with Crippen LogP contribution in [0.2, 0.25) is 0 Å². The van der Waals surface area contributed by atoms with Crippen LogP contribution in [0, 0.1) is 5.92 Å². The van der Waals surface area contributed by atoms with Gasteiger partial charge in [0.15, 0.2) is 0 Å². The molecule has 4 heteroatoms. The first-order chi connectivity index (χ1) is 9.22. The van der Waals surface area contributed by atoms with Gasteiger partial charge in [0.05, 0.1) is 6.54 Å². The number of amides is 1. The Morgan fingerprint density at radius 3 is 2.95 bits per heavy atom. The van der Waals surface area contributed by atoms with Crippen LogP contribution >= 0.6 is 0 Å². The van der Waals surface area contributed by atoms with Crippen molar-refractivity contribution in [2.24, 2.45) is 5.92 Å². The second-order valence-electron chi connectivity index (χ2n) is 6.07. The standard InChI is InChI=1S/C15H28N2O2/c1-12-10-13-6-3-4-7-14(13)17(12)11-15(18)16-8-5-9-19-2/h12-14H,3-11H2,1-2H3,(H,16,18)/t12-,13-,14-/m1/s1. The number of hydrogen-bond acceptors (Lipinski definition) is 3. The van der Waals surface area contributed by atoms with E-state index < -0.39 is 0 Å². The maximum Gasteiger partial charge on any atom is 0.234 e. The number of fused-ring (bicyclic) bond motifs is 1. The molecule has 0 radical (unpaired) electrons. The topological polar surface area (TPSA) is 41.6 Å². The van der Waals surface area contributed by atoms with Crippen LogP contribution in [0.3, 0.4) is 0 Å². The molecule has 1 saturated heterocycles. The van der Waals surface area contributed by atoms with Crippen LogP contribution in [0.1, 0.15) is 45.4 Å². The Hall–Kier alpha value is -0.610. The Morgan fingerprint density at radius 1 is 1.37 bits per heavy atom. The van der Waals surface area contributed by atoms with Crippen molar-refractivity contribution >= 4 is 5.91 Å². The molecular formula is C15H28N2O2. The Labute approximate surface area is 116 Å². The zero-order valence-corrected chi connectivity index (χ0v) is 12.4. The van der Waals surface area contributed by atoms with Crippen molar-refractivity contribution in [2.75, 3.05) is 26.8 Å². The van der Waals surface area contributed by atoms with Gasteiger partial charge in [0.1, 0.15) is 0 Å². The second kappa shape index (κ2) is 7.25. The first-order valence-electron chi connectivity index (χ1n) is 7.73. The lowest BCUT2D eigenvalue weighted by Gasteiger charge is -2.32. The summed E-state index contributed by atoms with van der Waals surface area (Å²) in [6.07, 6.45) is 7.53. The monoisotopic (exact) mass is 268 g/mol. The molecule has 1 heterocycles. The summed E-state index contributed by atoms with van der Waals surface area (Å²) in [4.78, 5) is 14.4. The molecule has 4 nitrogen and oxygen atoms in total. The lowest BCUT2D eigenvalue weighted by molar-refractivity contribution is -0.123. The third-order valence-corrected chi connectivity index (χ3v) is 4.68. The van der Waals surface area contributed by atoms with Gasteiger partial charge < -0.3 is 10.1 Å². The summed E-state index contributed by atoms with van der Waals surface area (Å²) in [5.41, 5.74) is 0. The quantitative estimate of drug-likeness (QED) is 0.747. The van der Waals surface area contributed by atoms with Crippen molar-refractivity contribution in [3.63, 3.8) is 0 Å². The lowest BCUT2D eigenvalue weighted by atomic mass is 9.85. The van der Waals surface area contributed by atoms with Crippen molar-refractivity contribution in [1.82, 2.24) is 10.2 Å². The average molecular weight is 268 g/mol. The van der Waals surface area contributed by atoms with Crippen LogP contribution in [0.5, 0.6) is 0 Å². The molecule has 2 fully saturated rings. The lowest BCUT2D eigenvalue weighted by Crippen LogP contribution is -2.44. The summed E-state index contributed by atoms with van der Waals surface area (Å²) in [5, 5.41) is 3.00. The molecule has 0 aromatic heterocycles. The molecule has 2 rings (SSSR count). The normalized spacial score (nSPS) is 31.2. The molecule has 1 aliphatic carbocycles. The van der Waals surface area contributed by atoms with Crippen LogP contribution in [0.4, 0.5) is 0 Å². The van der Waals surface area contributed by atoms with E-state index in [1.165, 1.54) is 32.1 Å². The summed E-state index contributed by atoms with van der Waals surface area (Å²) in [6, 6.07) is 1.23. The third-order valence-electron chi connectivity index (χ3n) is 4.68. The van der Waals surface area contributed by atoms with Crippen molar-refractivity contribution in [1.29, 1.82) is 0 Å². The van der Waals surface area contributed by atoms with Gasteiger partial charge in [-0.1, -0.05) is 12.8 Å². The van der Waals surface area contributed by atoms with Gasteiger partial charge in [-0.3, -0.25) is 9.69 Å². The van der Waals surface area contributed by atoms with Crippen LogP contribution in [-0.2, 0) is 9.53 Å². The van der Waals surface area contributed by atoms with E-state index in [0.717, 1.165) is 18.9 Å². The third kappa shape index (κ3) is 3.93. The van der Waals surface area contributed by atoms with E-state index in [2.05, 4.69) is 17.1 Å². The van der Waals surface area contributed by atoms with Crippen LogP contribution in [0.25, 0.3) is 0 Å². The molecule has 0 bridgehead atoms. The molecule has 3 atom stereocenters. The summed E-state index contributed by atoms with van der Waals surface area (Å²) in [5.74, 6) is 1.01. The van der Waals surface area contributed by atoms with Crippen molar-refractivity contribution in [3.8, 4) is 0 Å². The average Bonchev–Trinajstić information content (AvgIpc) is 2.72. The minimum absolute atomic E-state index is 0.175. The number of carbonyl (C=O) groups excluding carboxylic acids is 1. The summed E-state index contributed by atoms with van der Waals surface area (Å²) < 4.78 is 4.98. The van der Waals surface area contributed by atoms with E-state index in [4.69, 9.17) is 4.74 Å². The molecule has 0 aromatic carbocycles. The first-order valence-corrected chi connectivity index (χ1v) is 7.73. The molecular weight excluding hydrogens is 240 g/mol. The van der Waals surface area contributed by atoms with Gasteiger partial charge in [0, 0.05) is 32.3 Å². The second-order valence-corrected chi connectivity index (χ2v) is 6.07. The zero-order valence-electron chi connectivity index (χ0n) is 12.4. The number of likely N-dealkylation sites (tertiary alicyclic amines) is 1. The van der Waals surface area contributed by atoms with Gasteiger partial charge in [-0.15, -0.1) is 0 Å². The fraction of sp³-hybridized carbons (Fsp3) is 0.933. The van der Waals surface area contributed by atoms with Crippen molar-refractivity contribution in [2.45, 2.75) is 57.5 Å². The summed E-state index contributed by atoms with van der Waals surface area (Å²) in [6.45, 7) is 4.29. The van der Waals surface area contributed by atoms with Gasteiger partial charge in [-0.2, -0.15) is 0 Å². The van der Waals surface area contributed by atoms with E-state index in [9.17, 15) is 4.79 Å². The van der Waals surface area contributed by atoms with Gasteiger partial charge in [-0.25, -0.2) is 0 Å². The van der Waals surface area contributed by atoms with Crippen molar-refractivity contribution in [3.05, 3.63) is 0 Å². The highest BCUT2D eigenvalue weighted by molar-refractivity contribution is 5.78. The molecule has 19 heavy (non-hydrogen) atoms. The minimum atomic E-state index is 0.175. The zero-order chi connectivity index (χ0) is 13.7. The molecule has 1 N–H and O–H groups in total. The Bertz CT molecular complexity index is 296. The highest BCUT2D eigenvalue weighted by atomic mass is 16.5. The number of nitrogens with one attached hydrogen (secondary N) is 1. The maximum atomic E-state index is 12.0. The Balaban J connectivity index is 1.76. The number of rotatable bonds is 6. The van der Waals surface area contributed by atoms with E-state index in [0.29, 0.717) is 25.2 Å². The predicted octanol–water partition coefficient (Wildman–Crippen LogP) is 1.79. The molecule has 1 saturated carbocycles. The molecule has 110 valence electrons. The summed E-state index contributed by atoms with van der Waals surface area (Å²) >= 11 is 0. The molecule has 0 spiro atoms. The fourth-order valence-corrected chi connectivity index (χ4v) is 3.74. The maximum absolute atomic E-state index is 12.0. The minimum Gasteiger partial charge on any atom is -0.385 e. The molecule has 0 unspecified atom stereocenters. The summed E-state index contributed by atoms with van der Waals surface area (Å²) in [7, 11) is 1.69. The van der Waals surface area contributed by atoms with Crippen molar-refractivity contribution < 1.29 is 9.53 Å². The van der Waals surface area contributed by atoms with E-state index in [1.807, 2.05) is 0 Å². The Morgan fingerprint density at radius 2 is 2.16 bits per heavy atom. The molecule has 2 aliphatic rings. The van der Waals surface area contributed by atoms with E-state index in [-0.39, 0.29) is 5.91 Å². The number of carbonyl (C=O) groups is 1. The van der Waals surface area contributed by atoms with Gasteiger partial charge in [-0.05, 0) is 38.5 Å². The van der Waals surface area contributed by atoms with Crippen LogP contribution in [0.15, 0.2) is 0 Å². The molecule has 1 aliphatic heterocycles. The highest BCUT2D eigenvalue weighted by Gasteiger charge is 2.40. The van der Waals surface area contributed by atoms with Crippen LogP contribution in [-0.4, -0.2) is 49.7 Å². The number of ether oxygens (including phenoxy) is 1. The number of nitrogens with zero attached hydrogens (tertiary/aromatic N) is 1. The molecule has 0 aromatic rings. The SMILES string of the molecule is COCCCNC(=O)CN1[C@H](C)C[C@H]2CCCC[C@H]21. The smallest absolute Gasteiger partial charge is 0.234 e. The number of methoxy groups -OCH3 is 1. The largest absolute Gasteiger partial charge is 0.385 e. The van der Waals surface area contributed by atoms with E-state index >= 15 is 0 Å². The molecule has 1 amide bonds. The van der Waals surface area contributed by atoms with E-state index in [1.54, 1.807) is 7.11 Å². The Kier molecular flexibility index (Phi) is 5.64. The van der Waals surface area contributed by atoms with Crippen LogP contribution < -0.4 is 5.32 Å². The highest BCUT2D eigenvalue weighted by Crippen LogP contribution is 2.39. The van der Waals surface area contributed by atoms with Gasteiger partial charge in [0.2, 0.25) is 5.91 Å². The van der Waals surface area contributed by atoms with Gasteiger partial charge >= 0.3 is 0 Å². The predicted molar refractivity (Wildman–Crippen MR) is 76.0 cm³/mol. The first kappa shape index (κ1) is 14.8. The van der Waals surface area contributed by atoms with Gasteiger partial charge in [0.25, 0.3) is 0 Å². The fourth-order valence-electron chi connectivity index (χ4n) is 3.74.